The summed E-state index contributed by atoms with van der Waals surface area (Å²) < 4.78 is 0. The highest BCUT2D eigenvalue weighted by molar-refractivity contribution is 5.83. The van der Waals surface area contributed by atoms with Gasteiger partial charge in [0, 0.05) is 5.41 Å². The molecule has 126 valence electrons. The summed E-state index contributed by atoms with van der Waals surface area (Å²) in [5.41, 5.74) is 9.93. The molecule has 0 bridgehead atoms. The highest BCUT2D eigenvalue weighted by Gasteiger charge is 2.35. The van der Waals surface area contributed by atoms with E-state index in [9.17, 15) is 0 Å². The van der Waals surface area contributed by atoms with E-state index < -0.39 is 0 Å². The maximum atomic E-state index is 6.46. The Kier molecular flexibility index (Phi) is 3.48. The average Bonchev–Trinajstić information content (AvgIpc) is 2.85. The number of anilines is 2. The molecule has 0 heterocycles. The van der Waals surface area contributed by atoms with E-state index >= 15 is 0 Å². The van der Waals surface area contributed by atoms with Crippen LogP contribution in [-0.2, 0) is 5.41 Å². The highest BCUT2D eigenvalue weighted by Crippen LogP contribution is 2.49. The second kappa shape index (κ2) is 5.47. The summed E-state index contributed by atoms with van der Waals surface area (Å²) in [5.74, 6) is 6.46. The number of nitrogens with two attached hydrogens (primary N) is 1. The van der Waals surface area contributed by atoms with Crippen LogP contribution in [0.15, 0.2) is 60.7 Å². The van der Waals surface area contributed by atoms with Gasteiger partial charge in [0.15, 0.2) is 0 Å². The van der Waals surface area contributed by atoms with Crippen LogP contribution in [0, 0.1) is 13.8 Å². The SMILES string of the molecule is Cc1ccc(N(N)c2ccc3c(c2)C(C)(C)c2ccccc2-3)cc1C. The molecule has 0 atom stereocenters. The zero-order valence-corrected chi connectivity index (χ0v) is 15.3. The van der Waals surface area contributed by atoms with Gasteiger partial charge in [-0.1, -0.05) is 50.2 Å². The van der Waals surface area contributed by atoms with Crippen LogP contribution < -0.4 is 10.9 Å². The van der Waals surface area contributed by atoms with Gasteiger partial charge in [-0.05, 0) is 71.5 Å². The molecule has 3 aromatic carbocycles. The molecule has 0 saturated carbocycles. The van der Waals surface area contributed by atoms with Crippen molar-refractivity contribution in [3.8, 4) is 11.1 Å². The van der Waals surface area contributed by atoms with E-state index in [0.29, 0.717) is 0 Å². The maximum absolute atomic E-state index is 6.46. The highest BCUT2D eigenvalue weighted by atomic mass is 15.4. The second-order valence-electron chi connectivity index (χ2n) is 7.54. The van der Waals surface area contributed by atoms with Crippen molar-refractivity contribution < 1.29 is 0 Å². The first-order chi connectivity index (χ1) is 11.9. The molecular formula is C23H24N2. The van der Waals surface area contributed by atoms with Crippen molar-refractivity contribution in [2.45, 2.75) is 33.1 Å². The molecule has 0 aliphatic heterocycles. The van der Waals surface area contributed by atoms with Crippen molar-refractivity contribution in [2.75, 3.05) is 5.01 Å². The summed E-state index contributed by atoms with van der Waals surface area (Å²) in [5, 5.41) is 1.78. The lowest BCUT2D eigenvalue weighted by Gasteiger charge is -2.25. The number of nitrogens with zero attached hydrogens (tertiary/aromatic N) is 1. The zero-order valence-electron chi connectivity index (χ0n) is 15.3. The molecule has 0 aromatic heterocycles. The minimum atomic E-state index is -0.00797. The first-order valence-electron chi connectivity index (χ1n) is 8.76. The van der Waals surface area contributed by atoms with E-state index in [1.54, 1.807) is 5.01 Å². The van der Waals surface area contributed by atoms with Crippen LogP contribution in [0.3, 0.4) is 0 Å². The Balaban J connectivity index is 1.80. The van der Waals surface area contributed by atoms with Crippen LogP contribution >= 0.6 is 0 Å². The Labute approximate surface area is 149 Å². The van der Waals surface area contributed by atoms with E-state index in [4.69, 9.17) is 5.84 Å². The largest absolute Gasteiger partial charge is 0.280 e. The van der Waals surface area contributed by atoms with E-state index in [1.165, 1.54) is 33.4 Å². The quantitative estimate of drug-likeness (QED) is 0.488. The fraction of sp³-hybridized carbons (Fsp3) is 0.217. The van der Waals surface area contributed by atoms with Gasteiger partial charge in [-0.15, -0.1) is 0 Å². The predicted molar refractivity (Wildman–Crippen MR) is 106 cm³/mol. The number of benzene rings is 3. The molecule has 0 fully saturated rings. The molecule has 0 unspecified atom stereocenters. The van der Waals surface area contributed by atoms with Gasteiger partial charge in [-0.3, -0.25) is 5.01 Å². The number of aryl methyl sites for hydroxylation is 2. The lowest BCUT2D eigenvalue weighted by atomic mass is 9.82. The minimum absolute atomic E-state index is 0.00797. The lowest BCUT2D eigenvalue weighted by molar-refractivity contribution is 0.660. The summed E-state index contributed by atoms with van der Waals surface area (Å²) in [6, 6.07) is 21.6. The average molecular weight is 328 g/mol. The fourth-order valence-corrected chi connectivity index (χ4v) is 3.87. The van der Waals surface area contributed by atoms with Crippen LogP contribution in [0.4, 0.5) is 11.4 Å². The Hall–Kier alpha value is -2.58. The van der Waals surface area contributed by atoms with Crippen LogP contribution in [0.1, 0.15) is 36.1 Å². The number of rotatable bonds is 2. The molecule has 0 amide bonds. The summed E-state index contributed by atoms with van der Waals surface area (Å²) in [6.07, 6.45) is 0. The molecule has 0 radical (unpaired) electrons. The standard InChI is InChI=1S/C23H24N2/c1-15-9-10-17(13-16(15)2)25(24)18-11-12-20-19-7-5-6-8-21(19)23(3,4)22(20)14-18/h5-14H,24H2,1-4H3. The Morgan fingerprint density at radius 1 is 0.720 bits per heavy atom. The van der Waals surface area contributed by atoms with Gasteiger partial charge < -0.3 is 0 Å². The molecule has 4 rings (SSSR count). The van der Waals surface area contributed by atoms with Crippen molar-refractivity contribution in [2.24, 2.45) is 5.84 Å². The van der Waals surface area contributed by atoms with Crippen molar-refractivity contribution in [3.05, 3.63) is 82.9 Å². The van der Waals surface area contributed by atoms with E-state index in [0.717, 1.165) is 11.4 Å². The summed E-state index contributed by atoms with van der Waals surface area (Å²) in [7, 11) is 0. The summed E-state index contributed by atoms with van der Waals surface area (Å²) >= 11 is 0. The Morgan fingerprint density at radius 3 is 2.12 bits per heavy atom. The number of hydrogen-bond donors (Lipinski definition) is 1. The van der Waals surface area contributed by atoms with E-state index in [2.05, 4.69) is 88.4 Å². The van der Waals surface area contributed by atoms with E-state index in [1.807, 2.05) is 0 Å². The maximum Gasteiger partial charge on any atom is 0.0578 e. The minimum Gasteiger partial charge on any atom is -0.280 e. The molecule has 1 aliphatic rings. The third kappa shape index (κ3) is 2.37. The number of hydrazine groups is 1. The molecule has 2 heteroatoms. The molecule has 1 aliphatic carbocycles. The second-order valence-corrected chi connectivity index (χ2v) is 7.54. The summed E-state index contributed by atoms with van der Waals surface area (Å²) in [4.78, 5) is 0. The molecule has 2 nitrogen and oxygen atoms in total. The van der Waals surface area contributed by atoms with Crippen molar-refractivity contribution in [3.63, 3.8) is 0 Å². The summed E-state index contributed by atoms with van der Waals surface area (Å²) in [6.45, 7) is 8.82. The van der Waals surface area contributed by atoms with E-state index in [-0.39, 0.29) is 5.41 Å². The molecular weight excluding hydrogens is 304 g/mol. The molecule has 0 spiro atoms. The Morgan fingerprint density at radius 2 is 1.36 bits per heavy atom. The van der Waals surface area contributed by atoms with Crippen molar-refractivity contribution in [1.29, 1.82) is 0 Å². The third-order valence-corrected chi connectivity index (χ3v) is 5.61. The molecule has 2 N–H and O–H groups in total. The van der Waals surface area contributed by atoms with Crippen LogP contribution in [0.5, 0.6) is 0 Å². The smallest absolute Gasteiger partial charge is 0.0578 e. The molecule has 0 saturated heterocycles. The first-order valence-corrected chi connectivity index (χ1v) is 8.76. The van der Waals surface area contributed by atoms with Gasteiger partial charge in [0.1, 0.15) is 0 Å². The van der Waals surface area contributed by atoms with Gasteiger partial charge in [0.05, 0.1) is 11.4 Å². The number of fused-ring (bicyclic) bond motifs is 3. The van der Waals surface area contributed by atoms with Crippen LogP contribution in [0.25, 0.3) is 11.1 Å². The molecule has 3 aromatic rings. The third-order valence-electron chi connectivity index (χ3n) is 5.61. The van der Waals surface area contributed by atoms with Gasteiger partial charge in [0.25, 0.3) is 0 Å². The Bertz CT molecular complexity index is 970. The van der Waals surface area contributed by atoms with Gasteiger partial charge >= 0.3 is 0 Å². The van der Waals surface area contributed by atoms with Gasteiger partial charge in [0.2, 0.25) is 0 Å². The van der Waals surface area contributed by atoms with Crippen molar-refractivity contribution >= 4 is 11.4 Å². The van der Waals surface area contributed by atoms with Gasteiger partial charge in [-0.2, -0.15) is 0 Å². The fourth-order valence-electron chi connectivity index (χ4n) is 3.87. The van der Waals surface area contributed by atoms with Crippen LogP contribution in [-0.4, -0.2) is 0 Å². The molecule has 25 heavy (non-hydrogen) atoms. The first kappa shape index (κ1) is 15.9. The van der Waals surface area contributed by atoms with Gasteiger partial charge in [-0.25, -0.2) is 5.84 Å². The van der Waals surface area contributed by atoms with Crippen LogP contribution in [0.2, 0.25) is 0 Å². The monoisotopic (exact) mass is 328 g/mol. The normalized spacial score (nSPS) is 14.1. The number of hydrogen-bond acceptors (Lipinski definition) is 2. The van der Waals surface area contributed by atoms with Crippen molar-refractivity contribution in [1.82, 2.24) is 0 Å². The lowest BCUT2D eigenvalue weighted by Crippen LogP contribution is -2.25. The topological polar surface area (TPSA) is 29.3 Å². The zero-order chi connectivity index (χ0) is 17.8. The predicted octanol–water partition coefficient (Wildman–Crippen LogP) is 5.62.